The summed E-state index contributed by atoms with van der Waals surface area (Å²) < 4.78 is 0.986. The number of fused-ring (bicyclic) bond motifs is 5. The topological polar surface area (TPSA) is 66.5 Å². The van der Waals surface area contributed by atoms with E-state index in [-0.39, 0.29) is 51.0 Å². The van der Waals surface area contributed by atoms with Crippen molar-refractivity contribution in [2.75, 3.05) is 11.9 Å². The van der Waals surface area contributed by atoms with Crippen LogP contribution in [0, 0.1) is 30.6 Å². The molecule has 5 nitrogen and oxygen atoms in total. The van der Waals surface area contributed by atoms with Crippen LogP contribution < -0.4 is 5.32 Å². The monoisotopic (exact) mass is 602 g/mol. The number of imide groups is 1. The number of halogens is 3. The zero-order valence-electron chi connectivity index (χ0n) is 16.7. The van der Waals surface area contributed by atoms with E-state index in [9.17, 15) is 14.4 Å². The van der Waals surface area contributed by atoms with Crippen LogP contribution in [0.3, 0.4) is 0 Å². The summed E-state index contributed by atoms with van der Waals surface area (Å²) in [4.78, 5) is 40.0. The highest BCUT2D eigenvalue weighted by atomic mass is 79.9. The van der Waals surface area contributed by atoms with Crippen LogP contribution in [0.25, 0.3) is 0 Å². The van der Waals surface area contributed by atoms with E-state index in [1.165, 1.54) is 4.90 Å². The normalized spacial score (nSPS) is 32.1. The maximum Gasteiger partial charge on any atom is 0.233 e. The molecule has 0 radical (unpaired) electrons. The summed E-state index contributed by atoms with van der Waals surface area (Å²) in [5.41, 5.74) is 1.84. The molecule has 0 aromatic heterocycles. The van der Waals surface area contributed by atoms with Crippen LogP contribution in [0.1, 0.15) is 37.7 Å². The molecule has 8 heteroatoms. The number of benzene rings is 1. The molecule has 0 unspecified atom stereocenters. The second kappa shape index (κ2) is 9.02. The number of rotatable bonds is 7. The van der Waals surface area contributed by atoms with Gasteiger partial charge in [0, 0.05) is 32.8 Å². The van der Waals surface area contributed by atoms with Crippen LogP contribution in [0.4, 0.5) is 5.69 Å². The lowest BCUT2D eigenvalue weighted by Crippen LogP contribution is -2.37. The number of nitrogens with one attached hydrogen (secondary N) is 1. The molecule has 3 aliphatic rings. The minimum atomic E-state index is -0.138. The minimum absolute atomic E-state index is 0.00780. The van der Waals surface area contributed by atoms with Gasteiger partial charge >= 0.3 is 0 Å². The van der Waals surface area contributed by atoms with Crippen molar-refractivity contribution < 1.29 is 14.4 Å². The van der Waals surface area contributed by atoms with Crippen molar-refractivity contribution in [1.29, 1.82) is 0 Å². The molecule has 162 valence electrons. The third-order valence-corrected chi connectivity index (χ3v) is 10.5. The average Bonchev–Trinajstić information content (AvgIpc) is 3.30. The first kappa shape index (κ1) is 22.5. The van der Waals surface area contributed by atoms with Gasteiger partial charge in [-0.05, 0) is 61.8 Å². The fourth-order valence-corrected chi connectivity index (χ4v) is 7.69. The number of hydrogen-bond donors (Lipinski definition) is 1. The van der Waals surface area contributed by atoms with E-state index in [2.05, 4.69) is 53.1 Å². The lowest BCUT2D eigenvalue weighted by atomic mass is 9.81. The van der Waals surface area contributed by atoms with Crippen molar-refractivity contribution >= 4 is 71.2 Å². The average molecular weight is 605 g/mol. The number of carbonyl (C=O) groups excluding carboxylic acids is 3. The van der Waals surface area contributed by atoms with Gasteiger partial charge in [-0.1, -0.05) is 54.2 Å². The summed E-state index contributed by atoms with van der Waals surface area (Å²) in [7, 11) is 0. The number of aryl methyl sites for hydroxylation is 1. The highest BCUT2D eigenvalue weighted by molar-refractivity contribution is 9.12. The van der Waals surface area contributed by atoms with Crippen molar-refractivity contribution in [3.05, 3.63) is 28.2 Å². The summed E-state index contributed by atoms with van der Waals surface area (Å²) in [6.07, 6.45) is 3.69. The zero-order chi connectivity index (χ0) is 21.6. The minimum Gasteiger partial charge on any atom is -0.326 e. The SMILES string of the molecule is Cc1cc(Br)ccc1NC(=O)CCCCCN1C(=O)[C@@H]2[C@H]3C[C@@H]([C@@H](Br)[C@H]3Br)[C@H]2C1=O. The Kier molecular flexibility index (Phi) is 6.76. The van der Waals surface area contributed by atoms with E-state index in [0.29, 0.717) is 13.0 Å². The maximum atomic E-state index is 12.9. The predicted octanol–water partition coefficient (Wildman–Crippen LogP) is 5.03. The van der Waals surface area contributed by atoms with Gasteiger partial charge in [-0.3, -0.25) is 19.3 Å². The Labute approximate surface area is 202 Å². The van der Waals surface area contributed by atoms with Gasteiger partial charge < -0.3 is 5.32 Å². The molecule has 1 N–H and O–H groups in total. The molecule has 1 aromatic rings. The molecule has 30 heavy (non-hydrogen) atoms. The van der Waals surface area contributed by atoms with Crippen molar-refractivity contribution in [2.24, 2.45) is 23.7 Å². The molecule has 3 fully saturated rings. The number of anilines is 1. The molecule has 2 bridgehead atoms. The summed E-state index contributed by atoms with van der Waals surface area (Å²) in [6.45, 7) is 2.43. The summed E-state index contributed by atoms with van der Waals surface area (Å²) in [6, 6.07) is 5.77. The Balaban J connectivity index is 1.21. The molecule has 4 rings (SSSR count). The standard InChI is InChI=1S/C22H25Br3N2O3/c1-11-9-12(23)6-7-15(11)26-16(28)5-3-2-4-8-27-21(29)17-13-10-14(18(17)22(27)30)20(25)19(13)24/h6-7,9,13-14,17-20H,2-5,8,10H2,1H3,(H,26,28)/t13-,14-,17-,18-,19-,20+/m1/s1. The number of nitrogens with zero attached hydrogens (tertiary/aromatic N) is 1. The Bertz CT molecular complexity index is 845. The highest BCUT2D eigenvalue weighted by Crippen LogP contribution is 2.60. The zero-order valence-corrected chi connectivity index (χ0v) is 21.5. The fraction of sp³-hybridized carbons (Fsp3) is 0.591. The van der Waals surface area contributed by atoms with Crippen molar-refractivity contribution in [2.45, 2.75) is 48.7 Å². The molecular formula is C22H25Br3N2O3. The van der Waals surface area contributed by atoms with Crippen LogP contribution in [0.2, 0.25) is 0 Å². The maximum absolute atomic E-state index is 12.9. The number of alkyl halides is 2. The van der Waals surface area contributed by atoms with Crippen molar-refractivity contribution in [3.63, 3.8) is 0 Å². The third-order valence-electron chi connectivity index (χ3n) is 6.83. The molecule has 3 amide bonds. The van der Waals surface area contributed by atoms with Gasteiger partial charge in [0.15, 0.2) is 0 Å². The van der Waals surface area contributed by atoms with E-state index in [1.54, 1.807) is 0 Å². The number of likely N-dealkylation sites (tertiary alicyclic amines) is 1. The summed E-state index contributed by atoms with van der Waals surface area (Å²) >= 11 is 10.8. The number of carbonyl (C=O) groups is 3. The lowest BCUT2D eigenvalue weighted by Gasteiger charge is -2.28. The quantitative estimate of drug-likeness (QED) is 0.270. The van der Waals surface area contributed by atoms with Gasteiger partial charge in [-0.25, -0.2) is 0 Å². The van der Waals surface area contributed by atoms with Crippen LogP contribution in [0.15, 0.2) is 22.7 Å². The molecule has 2 saturated carbocycles. The van der Waals surface area contributed by atoms with Crippen LogP contribution in [0.5, 0.6) is 0 Å². The van der Waals surface area contributed by atoms with Gasteiger partial charge in [0.25, 0.3) is 0 Å². The van der Waals surface area contributed by atoms with E-state index in [1.807, 2.05) is 25.1 Å². The fourth-order valence-electron chi connectivity index (χ4n) is 5.34. The van der Waals surface area contributed by atoms with Gasteiger partial charge in [0.05, 0.1) is 11.8 Å². The molecule has 6 atom stereocenters. The molecule has 1 heterocycles. The first-order chi connectivity index (χ1) is 14.3. The van der Waals surface area contributed by atoms with E-state index in [4.69, 9.17) is 0 Å². The lowest BCUT2D eigenvalue weighted by molar-refractivity contribution is -0.140. The first-order valence-electron chi connectivity index (χ1n) is 10.5. The van der Waals surface area contributed by atoms with Gasteiger partial charge in [-0.15, -0.1) is 0 Å². The molecule has 1 saturated heterocycles. The largest absolute Gasteiger partial charge is 0.326 e. The Morgan fingerprint density at radius 3 is 2.30 bits per heavy atom. The third kappa shape index (κ3) is 4.04. The van der Waals surface area contributed by atoms with E-state index >= 15 is 0 Å². The van der Waals surface area contributed by atoms with E-state index < -0.39 is 0 Å². The number of unbranched alkanes of at least 4 members (excludes halogenated alkanes) is 2. The van der Waals surface area contributed by atoms with Crippen LogP contribution >= 0.6 is 47.8 Å². The number of hydrogen-bond acceptors (Lipinski definition) is 3. The summed E-state index contributed by atoms with van der Waals surface area (Å²) in [5, 5.41) is 2.95. The smallest absolute Gasteiger partial charge is 0.233 e. The van der Waals surface area contributed by atoms with Crippen LogP contribution in [-0.4, -0.2) is 38.8 Å². The first-order valence-corrected chi connectivity index (χ1v) is 13.1. The molecule has 0 spiro atoms. The predicted molar refractivity (Wildman–Crippen MR) is 127 cm³/mol. The molecule has 1 aromatic carbocycles. The second-order valence-electron chi connectivity index (χ2n) is 8.65. The van der Waals surface area contributed by atoms with Gasteiger partial charge in [0.2, 0.25) is 17.7 Å². The molecule has 1 aliphatic heterocycles. The summed E-state index contributed by atoms with van der Waals surface area (Å²) in [5.74, 6) is 0.274. The van der Waals surface area contributed by atoms with Crippen molar-refractivity contribution in [3.8, 4) is 0 Å². The Morgan fingerprint density at radius 1 is 1.07 bits per heavy atom. The molecule has 2 aliphatic carbocycles. The van der Waals surface area contributed by atoms with E-state index in [0.717, 1.165) is 41.4 Å². The Morgan fingerprint density at radius 2 is 1.70 bits per heavy atom. The molecular weight excluding hydrogens is 580 g/mol. The highest BCUT2D eigenvalue weighted by Gasteiger charge is 2.66. The van der Waals surface area contributed by atoms with Gasteiger partial charge in [-0.2, -0.15) is 0 Å². The second-order valence-corrected chi connectivity index (χ2v) is 11.7. The van der Waals surface area contributed by atoms with Crippen LogP contribution in [-0.2, 0) is 14.4 Å². The number of amides is 3. The van der Waals surface area contributed by atoms with Gasteiger partial charge in [0.1, 0.15) is 0 Å². The van der Waals surface area contributed by atoms with Crippen molar-refractivity contribution in [1.82, 2.24) is 4.90 Å². The Hall–Kier alpha value is -0.730.